The predicted octanol–water partition coefficient (Wildman–Crippen LogP) is 7.54. The smallest absolute Gasteiger partial charge is 0.407 e. The second kappa shape index (κ2) is 15.7. The lowest BCUT2D eigenvalue weighted by Crippen LogP contribution is -2.38. The summed E-state index contributed by atoms with van der Waals surface area (Å²) >= 11 is 1.61. The van der Waals surface area contributed by atoms with Crippen molar-refractivity contribution in [2.75, 3.05) is 12.4 Å². The first kappa shape index (κ1) is 33.0. The minimum Gasteiger partial charge on any atom is -0.478 e. The van der Waals surface area contributed by atoms with Gasteiger partial charge in [0.25, 0.3) is 0 Å². The van der Waals surface area contributed by atoms with Crippen molar-refractivity contribution in [1.29, 1.82) is 0 Å². The largest absolute Gasteiger partial charge is 0.478 e. The lowest BCUT2D eigenvalue weighted by atomic mass is 9.91. The number of amides is 1. The second-order valence-electron chi connectivity index (χ2n) is 11.0. The Morgan fingerprint density at radius 1 is 0.935 bits per heavy atom. The highest BCUT2D eigenvalue weighted by Crippen LogP contribution is 2.43. The zero-order valence-corrected chi connectivity index (χ0v) is 26.3. The molecule has 0 saturated carbocycles. The zero-order valence-electron chi connectivity index (χ0n) is 25.5. The first-order valence-electron chi connectivity index (χ1n) is 15.0. The lowest BCUT2D eigenvalue weighted by Gasteiger charge is -2.41. The van der Waals surface area contributed by atoms with Gasteiger partial charge >= 0.3 is 12.1 Å². The average Bonchev–Trinajstić information content (AvgIpc) is 3.10. The van der Waals surface area contributed by atoms with Crippen molar-refractivity contribution in [2.24, 2.45) is 5.92 Å². The number of nitrogens with one attached hydrogen (secondary N) is 1. The molecular formula is C37H37NO7S. The first-order valence-corrected chi connectivity index (χ1v) is 16.0. The monoisotopic (exact) mass is 639 g/mol. The van der Waals surface area contributed by atoms with Gasteiger partial charge in [-0.2, -0.15) is 0 Å². The number of carbonyl (C=O) groups excluding carboxylic acids is 1. The Hall–Kier alpha value is -4.41. The van der Waals surface area contributed by atoms with E-state index in [2.05, 4.69) is 18.8 Å². The Labute approximate surface area is 273 Å². The summed E-state index contributed by atoms with van der Waals surface area (Å²) in [5.74, 6) is -0.295. The third kappa shape index (κ3) is 8.24. The van der Waals surface area contributed by atoms with Gasteiger partial charge in [-0.1, -0.05) is 92.4 Å². The first-order chi connectivity index (χ1) is 22.4. The molecular weight excluding hydrogens is 602 g/mol. The summed E-state index contributed by atoms with van der Waals surface area (Å²) in [7, 11) is 0. The van der Waals surface area contributed by atoms with Gasteiger partial charge in [0.1, 0.15) is 6.61 Å². The number of hydrogen-bond acceptors (Lipinski definition) is 7. The van der Waals surface area contributed by atoms with Gasteiger partial charge in [0.2, 0.25) is 0 Å². The van der Waals surface area contributed by atoms with Crippen LogP contribution in [0.3, 0.4) is 0 Å². The Morgan fingerprint density at radius 3 is 2.30 bits per heavy atom. The topological polar surface area (TPSA) is 114 Å². The van der Waals surface area contributed by atoms with E-state index in [0.29, 0.717) is 12.3 Å². The number of ether oxygens (including phenoxy) is 3. The van der Waals surface area contributed by atoms with Gasteiger partial charge < -0.3 is 29.7 Å². The average molecular weight is 640 g/mol. The van der Waals surface area contributed by atoms with Crippen molar-refractivity contribution in [3.8, 4) is 11.1 Å². The Morgan fingerprint density at radius 2 is 1.63 bits per heavy atom. The van der Waals surface area contributed by atoms with Crippen LogP contribution in [-0.4, -0.2) is 40.7 Å². The molecule has 1 amide bonds. The van der Waals surface area contributed by atoms with Gasteiger partial charge in [-0.05, 0) is 52.1 Å². The number of carboxylic acids is 1. The number of aliphatic hydroxyl groups excluding tert-OH is 1. The number of benzene rings is 4. The molecule has 0 aliphatic carbocycles. The van der Waals surface area contributed by atoms with Crippen molar-refractivity contribution >= 4 is 23.8 Å². The maximum atomic E-state index is 12.0. The van der Waals surface area contributed by atoms with Crippen LogP contribution >= 0.6 is 11.8 Å². The van der Waals surface area contributed by atoms with Crippen LogP contribution in [0.4, 0.5) is 4.79 Å². The third-order valence-electron chi connectivity index (χ3n) is 7.91. The Balaban J connectivity index is 1.35. The van der Waals surface area contributed by atoms with Crippen molar-refractivity contribution in [2.45, 2.75) is 43.5 Å². The van der Waals surface area contributed by atoms with Gasteiger partial charge in [-0.3, -0.25) is 0 Å². The fourth-order valence-corrected chi connectivity index (χ4v) is 6.38. The summed E-state index contributed by atoms with van der Waals surface area (Å²) in [5.41, 5.74) is 5.88. The Bertz CT molecular complexity index is 1620. The van der Waals surface area contributed by atoms with Crippen LogP contribution in [0.2, 0.25) is 0 Å². The number of alkyl carbamates (subject to hydrolysis) is 1. The number of thioether (sulfide) groups is 1. The van der Waals surface area contributed by atoms with E-state index >= 15 is 0 Å². The molecule has 8 nitrogen and oxygen atoms in total. The van der Waals surface area contributed by atoms with Gasteiger partial charge in [-0.25, -0.2) is 9.59 Å². The van der Waals surface area contributed by atoms with E-state index in [4.69, 9.17) is 14.2 Å². The van der Waals surface area contributed by atoms with Crippen LogP contribution in [-0.2, 0) is 27.4 Å². The van der Waals surface area contributed by atoms with E-state index in [9.17, 15) is 19.8 Å². The molecule has 0 bridgehead atoms. The number of aromatic carboxylic acids is 1. The van der Waals surface area contributed by atoms with Crippen LogP contribution < -0.4 is 5.32 Å². The lowest BCUT2D eigenvalue weighted by molar-refractivity contribution is -0.268. The molecule has 3 N–H and O–H groups in total. The summed E-state index contributed by atoms with van der Waals surface area (Å²) in [6.07, 6.45) is -0.0231. The number of rotatable bonds is 12. The van der Waals surface area contributed by atoms with Crippen LogP contribution in [0, 0.1) is 5.92 Å². The van der Waals surface area contributed by atoms with E-state index < -0.39 is 18.4 Å². The normalized spacial score (nSPS) is 19.3. The van der Waals surface area contributed by atoms with Gasteiger partial charge in [0.15, 0.2) is 6.29 Å². The fourth-order valence-electron chi connectivity index (χ4n) is 5.31. The van der Waals surface area contributed by atoms with Crippen LogP contribution in [0.25, 0.3) is 11.1 Å². The highest BCUT2D eigenvalue weighted by atomic mass is 32.2. The summed E-state index contributed by atoms with van der Waals surface area (Å²) in [6.45, 7) is 6.10. The highest BCUT2D eigenvalue weighted by Gasteiger charge is 2.38. The molecule has 1 fully saturated rings. The van der Waals surface area contributed by atoms with Gasteiger partial charge in [0.05, 0.1) is 24.4 Å². The van der Waals surface area contributed by atoms with Gasteiger partial charge in [0, 0.05) is 28.7 Å². The zero-order chi connectivity index (χ0) is 32.5. The SMILES string of the molecule is C=CCOC(=O)NCc1ccccc1-c1ccc(C2OC(CSc3ccc(C(=O)O)cc3)C(C)C(c3ccc(CO)cc3)O2)cc1. The van der Waals surface area contributed by atoms with E-state index in [0.717, 1.165) is 38.3 Å². The van der Waals surface area contributed by atoms with E-state index in [1.165, 1.54) is 6.08 Å². The molecule has 4 unspecified atom stereocenters. The molecule has 0 spiro atoms. The standard InChI is InChI=1S/C37H37NO7S/c1-3-20-43-37(42)38-21-30-6-4-5-7-32(30)26-12-14-29(15-13-26)36-44-33(23-46-31-18-16-28(17-19-31)35(40)41)24(2)34(45-36)27-10-8-25(22-39)9-11-27/h3-19,24,33-34,36,39H,1,20-23H2,2H3,(H,38,42)(H,40,41). The van der Waals surface area contributed by atoms with Crippen LogP contribution in [0.1, 0.15) is 51.9 Å². The summed E-state index contributed by atoms with van der Waals surface area (Å²) < 4.78 is 18.2. The summed E-state index contributed by atoms with van der Waals surface area (Å²) in [4.78, 5) is 24.2. The minimum absolute atomic E-state index is 0.0128. The molecule has 0 radical (unpaired) electrons. The summed E-state index contributed by atoms with van der Waals surface area (Å²) in [5, 5.41) is 21.6. The molecule has 1 saturated heterocycles. The molecule has 1 aliphatic heterocycles. The second-order valence-corrected chi connectivity index (χ2v) is 12.1. The number of carbonyl (C=O) groups is 2. The molecule has 9 heteroatoms. The maximum absolute atomic E-state index is 12.0. The molecule has 1 heterocycles. The van der Waals surface area contributed by atoms with E-state index in [1.807, 2.05) is 84.9 Å². The maximum Gasteiger partial charge on any atom is 0.407 e. The number of aliphatic hydroxyl groups is 1. The summed E-state index contributed by atoms with van der Waals surface area (Å²) in [6, 6.07) is 30.6. The Kier molecular flexibility index (Phi) is 11.3. The third-order valence-corrected chi connectivity index (χ3v) is 9.01. The van der Waals surface area contributed by atoms with Crippen molar-refractivity contribution in [3.63, 3.8) is 0 Å². The van der Waals surface area contributed by atoms with Crippen LogP contribution in [0.5, 0.6) is 0 Å². The number of hydrogen-bond donors (Lipinski definition) is 3. The minimum atomic E-state index is -0.953. The number of carboxylic acid groups (broad SMARTS) is 1. The van der Waals surface area contributed by atoms with E-state index in [1.54, 1.807) is 23.9 Å². The van der Waals surface area contributed by atoms with Crippen LogP contribution in [0.15, 0.2) is 115 Å². The molecule has 4 atom stereocenters. The quantitative estimate of drug-likeness (QED) is 0.108. The van der Waals surface area contributed by atoms with E-state index in [-0.39, 0.29) is 36.9 Å². The fraction of sp³-hybridized carbons (Fsp3) is 0.243. The van der Waals surface area contributed by atoms with Gasteiger partial charge in [-0.15, -0.1) is 11.8 Å². The highest BCUT2D eigenvalue weighted by molar-refractivity contribution is 7.99. The molecule has 238 valence electrons. The molecule has 46 heavy (non-hydrogen) atoms. The molecule has 1 aliphatic rings. The predicted molar refractivity (Wildman–Crippen MR) is 177 cm³/mol. The van der Waals surface area contributed by atoms with Crippen molar-refractivity contribution in [3.05, 3.63) is 138 Å². The molecule has 4 aromatic rings. The molecule has 4 aromatic carbocycles. The van der Waals surface area contributed by atoms with Crippen molar-refractivity contribution < 1.29 is 34.0 Å². The van der Waals surface area contributed by atoms with Crippen molar-refractivity contribution in [1.82, 2.24) is 5.32 Å². The molecule has 5 rings (SSSR count). The molecule has 0 aromatic heterocycles.